The molecular formula is C82H136N16O25. The first kappa shape index (κ1) is 106. The number of rotatable bonds is 29. The maximum Gasteiger partial charge on any atom is 0.410 e. The second-order valence-corrected chi connectivity index (χ2v) is 36.3. The van der Waals surface area contributed by atoms with Gasteiger partial charge in [0.2, 0.25) is 65.0 Å². The summed E-state index contributed by atoms with van der Waals surface area (Å²) >= 11 is 0. The van der Waals surface area contributed by atoms with Crippen LogP contribution in [0.15, 0.2) is 30.3 Å². The average Bonchev–Trinajstić information content (AvgIpc) is 0.820. The van der Waals surface area contributed by atoms with E-state index in [9.17, 15) is 72.5 Å². The van der Waals surface area contributed by atoms with Gasteiger partial charge in [-0.25, -0.2) is 24.0 Å². The third-order valence-corrected chi connectivity index (χ3v) is 18.3. The Morgan fingerprint density at radius 1 is 0.512 bits per heavy atom. The normalized spacial score (nSPS) is 20.8. The van der Waals surface area contributed by atoms with E-state index in [1.54, 1.807) is 169 Å². The van der Waals surface area contributed by atoms with Crippen LogP contribution in [0.25, 0.3) is 0 Å². The molecule has 41 nitrogen and oxygen atoms in total. The third-order valence-electron chi connectivity index (χ3n) is 18.3. The molecule has 0 bridgehead atoms. The fourth-order valence-corrected chi connectivity index (χ4v) is 11.8. The Morgan fingerprint density at radius 2 is 0.943 bits per heavy atom. The summed E-state index contributed by atoms with van der Waals surface area (Å²) in [7, 11) is 0. The molecule has 2 fully saturated rings. The van der Waals surface area contributed by atoms with Crippen molar-refractivity contribution in [3.05, 3.63) is 35.9 Å². The summed E-state index contributed by atoms with van der Waals surface area (Å²) in [6, 6.07) is -9.73. The monoisotopic (exact) mass is 1740 g/mol. The SMILES string of the molecule is CCC(C)(C)C(=O)OCCC(=O)N1CCN(C(=O)OC(C)(C)C)CC1C(=O)N[C@H](C(=O)N[C@@H](CCNC(=O)OC(C)(C)C)C(=O)N[C@H]1CCNC(=O)[C@H](C(C)O)NC(=O)[C@H](CCNC(=O)OC(C)(C)C)NC(=O)[C@H](CCNC(=O)OC(C)(C)C)NC(=O)[C@H](CC(C)C)NC(=O)[C@@H](Cc2ccccc2)NC(=O)[C@H](CCNC(=O)OC(C)(C)C)NC1=O)C(C)O. The average molecular weight is 1750 g/mol. The lowest BCUT2D eigenvalue weighted by molar-refractivity contribution is -0.156. The molecule has 0 saturated carbocycles. The summed E-state index contributed by atoms with van der Waals surface area (Å²) in [5.41, 5.74) is -5.57. The van der Waals surface area contributed by atoms with E-state index in [-0.39, 0.29) is 32.5 Å². The number of carbonyl (C=O) groups is 17. The number of piperazine rings is 1. The number of aliphatic hydroxyl groups is 2. The molecule has 2 heterocycles. The Morgan fingerprint density at radius 3 is 1.39 bits per heavy atom. The Labute approximate surface area is 719 Å². The quantitative estimate of drug-likeness (QED) is 0.0398. The van der Waals surface area contributed by atoms with Gasteiger partial charge in [-0.05, 0) is 188 Å². The standard InChI is InChI=1S/C82H136N16O25/c1-23-82(21,22)71(112)118-42-34-58(101)98-41-40-97(76(117)123-81(18,19)20)45-57(98)68(109)96-60(48(5)100)70(111)92-53(32-38-86-74(115)121-79(12,13)14)63(104)88-50-29-35-83-69(110)59(47(4)99)95-65(106)54(33-39-87-75(116)122-80(15,16)17)90-62(103)51(30-36-84-72(113)119-77(6,7)8)91-66(107)55(43-46(2)3)93-67(108)56(44-49-27-25-24-26-28-49)94-64(105)52(89-61(50)102)31-37-85-73(114)120-78(9,10)11/h24-28,46-48,50-57,59-60,99-100H,23,29-45H2,1-22H3,(H,83,110)(H,84,113)(H,85,114)(H,86,115)(H,87,116)(H,88,104)(H,89,102)(H,90,103)(H,91,107)(H,92,111)(H,93,108)(H,94,105)(H,95,106)(H,96,109)/t47?,48?,50-,51-,52-,53-,54-,55-,56+,57?,59-,60-/m0/s1. The molecule has 0 aromatic heterocycles. The summed E-state index contributed by atoms with van der Waals surface area (Å²) < 4.78 is 32.6. The first-order valence-corrected chi connectivity index (χ1v) is 41.5. The van der Waals surface area contributed by atoms with Crippen LogP contribution in [0, 0.1) is 11.3 Å². The predicted octanol–water partition coefficient (Wildman–Crippen LogP) is 1.40. The maximum absolute atomic E-state index is 15.5. The fraction of sp³-hybridized carbons (Fsp3) is 0.720. The van der Waals surface area contributed by atoms with Gasteiger partial charge in [-0.15, -0.1) is 0 Å². The molecule has 0 radical (unpaired) electrons. The molecule has 1 aromatic carbocycles. The Bertz CT molecular complexity index is 3790. The van der Waals surface area contributed by atoms with Gasteiger partial charge in [0.05, 0.1) is 30.6 Å². The molecule has 694 valence electrons. The molecule has 2 aliphatic rings. The molecule has 123 heavy (non-hydrogen) atoms. The molecule has 0 spiro atoms. The molecule has 2 aliphatic heterocycles. The van der Waals surface area contributed by atoms with Crippen molar-refractivity contribution in [2.45, 2.75) is 311 Å². The van der Waals surface area contributed by atoms with Crippen LogP contribution in [-0.2, 0) is 92.4 Å². The van der Waals surface area contributed by atoms with Crippen LogP contribution < -0.4 is 74.4 Å². The van der Waals surface area contributed by atoms with E-state index in [0.29, 0.717) is 12.0 Å². The van der Waals surface area contributed by atoms with Crippen molar-refractivity contribution in [2.24, 2.45) is 11.3 Å². The lowest BCUT2D eigenvalue weighted by Gasteiger charge is -2.41. The molecule has 16 amide bonds. The van der Waals surface area contributed by atoms with Crippen LogP contribution >= 0.6 is 0 Å². The number of aliphatic hydroxyl groups excluding tert-OH is 2. The molecule has 1 aromatic rings. The van der Waals surface area contributed by atoms with Crippen LogP contribution in [0.1, 0.15) is 209 Å². The van der Waals surface area contributed by atoms with Crippen molar-refractivity contribution in [2.75, 3.05) is 59.0 Å². The Kier molecular flexibility index (Phi) is 41.7. The molecule has 3 unspecified atom stereocenters. The molecule has 0 aliphatic carbocycles. The lowest BCUT2D eigenvalue weighted by atomic mass is 9.91. The second-order valence-electron chi connectivity index (χ2n) is 36.3. The largest absolute Gasteiger partial charge is 0.465 e. The van der Waals surface area contributed by atoms with Crippen LogP contribution in [0.3, 0.4) is 0 Å². The second kappa shape index (κ2) is 48.3. The molecule has 3 rings (SSSR count). The zero-order valence-electron chi connectivity index (χ0n) is 75.3. The number of benzene rings is 1. The van der Waals surface area contributed by atoms with Gasteiger partial charge in [0.15, 0.2) is 0 Å². The third kappa shape index (κ3) is 40.8. The number of hydrogen-bond acceptors (Lipinski definition) is 25. The number of hydrogen-bond donors (Lipinski definition) is 16. The fourth-order valence-electron chi connectivity index (χ4n) is 11.8. The van der Waals surface area contributed by atoms with Crippen molar-refractivity contribution in [3.63, 3.8) is 0 Å². The summed E-state index contributed by atoms with van der Waals surface area (Å²) in [5, 5.41) is 58.1. The Hall–Kier alpha value is -10.9. The maximum atomic E-state index is 15.5. The minimum atomic E-state index is -2.03. The van der Waals surface area contributed by atoms with Gasteiger partial charge in [0.1, 0.15) is 95.0 Å². The summed E-state index contributed by atoms with van der Waals surface area (Å²) in [6.07, 6.45) is -11.5. The minimum absolute atomic E-state index is 0.135. The Balaban J connectivity index is 2.40. The van der Waals surface area contributed by atoms with E-state index in [0.717, 1.165) is 23.6 Å². The van der Waals surface area contributed by atoms with Crippen LogP contribution in [0.4, 0.5) is 24.0 Å². The number of amides is 16. The highest BCUT2D eigenvalue weighted by Crippen LogP contribution is 2.23. The summed E-state index contributed by atoms with van der Waals surface area (Å²) in [4.78, 5) is 245. The van der Waals surface area contributed by atoms with Gasteiger partial charge in [0.25, 0.3) is 0 Å². The van der Waals surface area contributed by atoms with E-state index in [2.05, 4.69) is 74.4 Å². The molecular weight excluding hydrogens is 1610 g/mol. The van der Waals surface area contributed by atoms with E-state index >= 15 is 19.2 Å². The zero-order valence-corrected chi connectivity index (χ0v) is 75.3. The van der Waals surface area contributed by atoms with E-state index in [1.807, 2.05) is 0 Å². The molecule has 16 N–H and O–H groups in total. The first-order chi connectivity index (χ1) is 56.8. The lowest BCUT2D eigenvalue weighted by Crippen LogP contribution is -2.65. The van der Waals surface area contributed by atoms with Gasteiger partial charge in [-0.3, -0.25) is 57.5 Å². The highest BCUT2D eigenvalue weighted by Gasteiger charge is 2.43. The van der Waals surface area contributed by atoms with E-state index in [1.165, 1.54) is 0 Å². The minimum Gasteiger partial charge on any atom is -0.465 e. The van der Waals surface area contributed by atoms with Gasteiger partial charge < -0.3 is 123 Å². The van der Waals surface area contributed by atoms with E-state index < -0.39 is 291 Å². The van der Waals surface area contributed by atoms with Gasteiger partial charge in [-0.2, -0.15) is 0 Å². The van der Waals surface area contributed by atoms with Gasteiger partial charge >= 0.3 is 36.4 Å². The molecule has 41 heteroatoms. The zero-order chi connectivity index (χ0) is 93.5. The highest BCUT2D eigenvalue weighted by molar-refractivity contribution is 6.00. The number of carbonyl (C=O) groups excluding carboxylic acids is 17. The van der Waals surface area contributed by atoms with Crippen molar-refractivity contribution in [1.29, 1.82) is 0 Å². The topological polar surface area (TPSA) is 561 Å². The van der Waals surface area contributed by atoms with E-state index in [4.69, 9.17) is 28.4 Å². The number of esters is 1. The predicted molar refractivity (Wildman–Crippen MR) is 446 cm³/mol. The number of alkyl carbamates (subject to hydrolysis) is 4. The smallest absolute Gasteiger partial charge is 0.410 e. The van der Waals surface area contributed by atoms with Crippen LogP contribution in [-0.4, -0.2) is 281 Å². The number of nitrogens with one attached hydrogen (secondary N) is 14. The number of nitrogens with zero attached hydrogens (tertiary/aromatic N) is 2. The van der Waals surface area contributed by atoms with Crippen LogP contribution in [0.5, 0.6) is 0 Å². The summed E-state index contributed by atoms with van der Waals surface area (Å²) in [5.74, 6) is -13.2. The molecule has 2 saturated heterocycles. The number of ether oxygens (including phenoxy) is 6. The highest BCUT2D eigenvalue weighted by atomic mass is 16.6. The van der Waals surface area contributed by atoms with Crippen molar-refractivity contribution in [3.8, 4) is 0 Å². The van der Waals surface area contributed by atoms with Gasteiger partial charge in [-0.1, -0.05) is 51.1 Å². The van der Waals surface area contributed by atoms with Crippen molar-refractivity contribution in [1.82, 2.24) is 84.2 Å². The van der Waals surface area contributed by atoms with Gasteiger partial charge in [0, 0.05) is 52.2 Å². The van der Waals surface area contributed by atoms with Crippen LogP contribution in [0.2, 0.25) is 0 Å². The first-order valence-electron chi connectivity index (χ1n) is 41.5. The van der Waals surface area contributed by atoms with Crippen molar-refractivity contribution >= 4 is 101 Å². The van der Waals surface area contributed by atoms with Crippen molar-refractivity contribution < 1.29 is 120 Å². The summed E-state index contributed by atoms with van der Waals surface area (Å²) in [6.45, 7) is 30.8. The molecule has 12 atom stereocenters.